The first-order valence-corrected chi connectivity index (χ1v) is 10.9. The van der Waals surface area contributed by atoms with Crippen LogP contribution >= 0.6 is 0 Å². The van der Waals surface area contributed by atoms with Gasteiger partial charge in [0.1, 0.15) is 0 Å². The number of aromatic amines is 1. The fraction of sp³-hybridized carbons (Fsp3) is 0.429. The number of carbonyl (C=O) groups is 1. The second-order valence-electron chi connectivity index (χ2n) is 8.28. The fourth-order valence-corrected chi connectivity index (χ4v) is 4.12. The number of H-pyrrole nitrogens is 1. The van der Waals surface area contributed by atoms with E-state index in [1.54, 1.807) is 26.0 Å². The van der Waals surface area contributed by atoms with E-state index in [0.717, 1.165) is 16.8 Å². The van der Waals surface area contributed by atoms with Crippen LogP contribution < -0.4 is 15.6 Å². The highest BCUT2D eigenvalue weighted by molar-refractivity contribution is 7.89. The van der Waals surface area contributed by atoms with E-state index in [9.17, 15) is 18.0 Å². The molecule has 0 saturated heterocycles. The molecule has 1 amide bonds. The molecule has 2 rings (SSSR count). The Morgan fingerprint density at radius 1 is 1.14 bits per heavy atom. The largest absolute Gasteiger partial charge is 0.350 e. The van der Waals surface area contributed by atoms with Gasteiger partial charge in [-0.25, -0.2) is 8.42 Å². The first kappa shape index (κ1) is 22.8. The van der Waals surface area contributed by atoms with E-state index in [-0.39, 0.29) is 22.4 Å². The molecular weight excluding hydrogens is 390 g/mol. The second kappa shape index (κ2) is 8.51. The summed E-state index contributed by atoms with van der Waals surface area (Å²) in [5, 5.41) is 2.62. The highest BCUT2D eigenvalue weighted by Crippen LogP contribution is 2.23. The van der Waals surface area contributed by atoms with Crippen LogP contribution in [0.3, 0.4) is 0 Å². The lowest BCUT2D eigenvalue weighted by Gasteiger charge is -2.19. The Balaban J connectivity index is 2.06. The molecule has 29 heavy (non-hydrogen) atoms. The third-order valence-electron chi connectivity index (χ3n) is 4.69. The van der Waals surface area contributed by atoms with E-state index >= 15 is 0 Å². The van der Waals surface area contributed by atoms with Gasteiger partial charge in [-0.15, -0.1) is 0 Å². The summed E-state index contributed by atoms with van der Waals surface area (Å²) in [6, 6.07) is 7.42. The van der Waals surface area contributed by atoms with Gasteiger partial charge in [-0.05, 0) is 55.5 Å². The molecule has 7 nitrogen and oxygen atoms in total. The Morgan fingerprint density at radius 2 is 1.72 bits per heavy atom. The predicted octanol–water partition coefficient (Wildman–Crippen LogP) is 2.27. The zero-order chi connectivity index (χ0) is 22.0. The molecule has 0 aliphatic heterocycles. The molecule has 0 radical (unpaired) electrons. The van der Waals surface area contributed by atoms with Crippen LogP contribution in [-0.4, -0.2) is 25.4 Å². The van der Waals surface area contributed by atoms with Crippen molar-refractivity contribution >= 4 is 15.9 Å². The maximum absolute atomic E-state index is 12.6. The van der Waals surface area contributed by atoms with Crippen LogP contribution in [0.15, 0.2) is 40.0 Å². The van der Waals surface area contributed by atoms with Gasteiger partial charge in [-0.2, -0.15) is 4.72 Å². The number of rotatable bonds is 6. The van der Waals surface area contributed by atoms with Crippen LogP contribution in [0.5, 0.6) is 0 Å². The van der Waals surface area contributed by atoms with E-state index in [1.807, 2.05) is 26.8 Å². The van der Waals surface area contributed by atoms with E-state index < -0.39 is 22.0 Å². The van der Waals surface area contributed by atoms with Crippen molar-refractivity contribution in [1.29, 1.82) is 0 Å². The second-order valence-corrected chi connectivity index (χ2v) is 9.99. The maximum atomic E-state index is 12.6. The first-order valence-electron chi connectivity index (χ1n) is 9.41. The number of hydrogen-bond acceptors (Lipinski definition) is 4. The van der Waals surface area contributed by atoms with Crippen LogP contribution in [-0.2, 0) is 26.8 Å². The van der Waals surface area contributed by atoms with Gasteiger partial charge in [0, 0.05) is 17.8 Å². The number of sulfonamides is 1. The minimum absolute atomic E-state index is 0.0205. The summed E-state index contributed by atoms with van der Waals surface area (Å²) < 4.78 is 27.5. The van der Waals surface area contributed by atoms with Gasteiger partial charge in [0.05, 0.1) is 10.9 Å². The van der Waals surface area contributed by atoms with Crippen LogP contribution in [0.1, 0.15) is 50.1 Å². The normalized spacial score (nSPS) is 13.2. The van der Waals surface area contributed by atoms with Crippen molar-refractivity contribution in [2.45, 2.75) is 64.4 Å². The van der Waals surface area contributed by atoms with Crippen molar-refractivity contribution in [3.8, 4) is 0 Å². The smallest absolute Gasteiger partial charge is 0.253 e. The quantitative estimate of drug-likeness (QED) is 0.667. The highest BCUT2D eigenvalue weighted by atomic mass is 32.2. The van der Waals surface area contributed by atoms with Crippen molar-refractivity contribution < 1.29 is 13.2 Å². The molecule has 0 fully saturated rings. The van der Waals surface area contributed by atoms with Crippen LogP contribution in [0.25, 0.3) is 0 Å². The monoisotopic (exact) mass is 419 g/mol. The Kier molecular flexibility index (Phi) is 6.70. The van der Waals surface area contributed by atoms with Gasteiger partial charge >= 0.3 is 0 Å². The molecule has 3 N–H and O–H groups in total. The molecule has 8 heteroatoms. The third-order valence-corrected chi connectivity index (χ3v) is 6.25. The van der Waals surface area contributed by atoms with E-state index in [1.165, 1.54) is 19.1 Å². The number of pyridine rings is 1. The Labute approximate surface area is 172 Å². The number of aryl methyl sites for hydroxylation is 2. The molecule has 0 aliphatic carbocycles. The topological polar surface area (TPSA) is 108 Å². The average Bonchev–Trinajstić information content (AvgIpc) is 2.59. The lowest BCUT2D eigenvalue weighted by Crippen LogP contribution is -2.45. The molecule has 0 spiro atoms. The van der Waals surface area contributed by atoms with Gasteiger partial charge < -0.3 is 10.3 Å². The van der Waals surface area contributed by atoms with Gasteiger partial charge in [0.25, 0.3) is 5.56 Å². The molecule has 1 aromatic heterocycles. The lowest BCUT2D eigenvalue weighted by molar-refractivity contribution is -0.122. The molecule has 0 aliphatic rings. The molecule has 0 unspecified atom stereocenters. The Hall–Kier alpha value is -2.45. The zero-order valence-corrected chi connectivity index (χ0v) is 18.5. The van der Waals surface area contributed by atoms with E-state index in [4.69, 9.17) is 0 Å². The molecule has 1 aromatic carbocycles. The standard InChI is InChI=1S/C21H29N3O4S/c1-13-11-14(2)23-20(26)18(13)12-22-19(25)15(3)24-29(27,28)17-9-7-16(8-10-17)21(4,5)6/h7-11,15,24H,12H2,1-6H3,(H,22,25)(H,23,26)/t15-/m0/s1. The number of benzene rings is 1. The number of carbonyl (C=O) groups excluding carboxylic acids is 1. The van der Waals surface area contributed by atoms with Crippen LogP contribution in [0, 0.1) is 13.8 Å². The molecular formula is C21H29N3O4S. The molecule has 1 heterocycles. The van der Waals surface area contributed by atoms with Crippen molar-refractivity contribution in [3.63, 3.8) is 0 Å². The number of nitrogens with one attached hydrogen (secondary N) is 3. The Morgan fingerprint density at radius 3 is 2.24 bits per heavy atom. The van der Waals surface area contributed by atoms with Crippen molar-refractivity contribution in [3.05, 3.63) is 63.1 Å². The summed E-state index contributed by atoms with van der Waals surface area (Å²) in [6.07, 6.45) is 0. The summed E-state index contributed by atoms with van der Waals surface area (Å²) in [6.45, 7) is 11.2. The van der Waals surface area contributed by atoms with Crippen molar-refractivity contribution in [2.75, 3.05) is 0 Å². The molecule has 0 saturated carbocycles. The SMILES string of the molecule is Cc1cc(C)c(CNC(=O)[C@H](C)NS(=O)(=O)c2ccc(C(C)(C)C)cc2)c(=O)[nH]1. The van der Waals surface area contributed by atoms with E-state index in [0.29, 0.717) is 5.56 Å². The van der Waals surface area contributed by atoms with Crippen LogP contribution in [0.4, 0.5) is 0 Å². The summed E-state index contributed by atoms with van der Waals surface area (Å²) in [4.78, 5) is 27.2. The lowest BCUT2D eigenvalue weighted by atomic mass is 9.87. The molecule has 0 bridgehead atoms. The highest BCUT2D eigenvalue weighted by Gasteiger charge is 2.23. The number of aromatic nitrogens is 1. The average molecular weight is 420 g/mol. The number of amides is 1. The Bertz CT molecular complexity index is 1050. The van der Waals surface area contributed by atoms with Gasteiger partial charge in [-0.3, -0.25) is 9.59 Å². The molecule has 2 aromatic rings. The van der Waals surface area contributed by atoms with Crippen LogP contribution in [0.2, 0.25) is 0 Å². The summed E-state index contributed by atoms with van der Waals surface area (Å²) in [5.74, 6) is -0.515. The third kappa shape index (κ3) is 5.77. The van der Waals surface area contributed by atoms with Gasteiger partial charge in [0.2, 0.25) is 15.9 Å². The van der Waals surface area contributed by atoms with E-state index in [2.05, 4.69) is 15.0 Å². The minimum Gasteiger partial charge on any atom is -0.350 e. The van der Waals surface area contributed by atoms with Gasteiger partial charge in [-0.1, -0.05) is 32.9 Å². The van der Waals surface area contributed by atoms with Crippen molar-refractivity contribution in [1.82, 2.24) is 15.0 Å². The predicted molar refractivity (Wildman–Crippen MR) is 113 cm³/mol. The summed E-state index contributed by atoms with van der Waals surface area (Å²) in [7, 11) is -3.85. The first-order chi connectivity index (χ1) is 13.3. The zero-order valence-electron chi connectivity index (χ0n) is 17.7. The van der Waals surface area contributed by atoms with Crippen molar-refractivity contribution in [2.24, 2.45) is 0 Å². The minimum atomic E-state index is -3.85. The summed E-state index contributed by atoms with van der Waals surface area (Å²) in [5.41, 5.74) is 2.60. The number of hydrogen-bond donors (Lipinski definition) is 3. The fourth-order valence-electron chi connectivity index (χ4n) is 2.92. The molecule has 158 valence electrons. The maximum Gasteiger partial charge on any atom is 0.253 e. The summed E-state index contributed by atoms with van der Waals surface area (Å²) >= 11 is 0. The van der Waals surface area contributed by atoms with Gasteiger partial charge in [0.15, 0.2) is 0 Å². The molecule has 1 atom stereocenters.